The number of carbonyl (C=O) groups is 1. The maximum atomic E-state index is 11.4. The number of thiophene rings is 1. The van der Waals surface area contributed by atoms with E-state index in [1.54, 1.807) is 7.11 Å². The zero-order valence-corrected chi connectivity index (χ0v) is 11.6. The molecule has 0 saturated carbocycles. The zero-order valence-electron chi connectivity index (χ0n) is 10.8. The molecule has 0 saturated heterocycles. The molecule has 0 aliphatic heterocycles. The maximum absolute atomic E-state index is 11.4. The number of rotatable bonds is 7. The highest BCUT2D eigenvalue weighted by molar-refractivity contribution is 7.12. The van der Waals surface area contributed by atoms with Crippen molar-refractivity contribution in [3.05, 3.63) is 21.4 Å². The van der Waals surface area contributed by atoms with Crippen molar-refractivity contribution in [2.24, 2.45) is 0 Å². The third kappa shape index (κ3) is 3.80. The van der Waals surface area contributed by atoms with Gasteiger partial charge in [-0.15, -0.1) is 11.3 Å². The number of ether oxygens (including phenoxy) is 1. The van der Waals surface area contributed by atoms with E-state index in [0.29, 0.717) is 19.7 Å². The zero-order chi connectivity index (χ0) is 12.8. The molecule has 0 radical (unpaired) electrons. The number of carbonyl (C=O) groups excluding carboxylic acids is 1. The summed E-state index contributed by atoms with van der Waals surface area (Å²) in [5.41, 5.74) is 1.52. The van der Waals surface area contributed by atoms with Gasteiger partial charge in [-0.1, -0.05) is 0 Å². The third-order valence-electron chi connectivity index (χ3n) is 3.01. The molecular formula is C13H20N2O2S. The predicted molar refractivity (Wildman–Crippen MR) is 72.9 cm³/mol. The van der Waals surface area contributed by atoms with E-state index in [-0.39, 0.29) is 5.91 Å². The van der Waals surface area contributed by atoms with Crippen molar-refractivity contribution in [3.63, 3.8) is 0 Å². The molecule has 1 aromatic heterocycles. The standard InChI is InChI=1S/C13H20N2O2S/c1-17-6-5-15-13(16)9-14-8-11-7-10-3-2-4-12(10)18-11/h7,14H,2-6,8-9H2,1H3,(H,15,16). The topological polar surface area (TPSA) is 50.4 Å². The van der Waals surface area contributed by atoms with Crippen LogP contribution in [-0.4, -0.2) is 32.7 Å². The summed E-state index contributed by atoms with van der Waals surface area (Å²) in [7, 11) is 1.63. The molecule has 100 valence electrons. The molecule has 2 N–H and O–H groups in total. The normalized spacial score (nSPS) is 13.6. The minimum absolute atomic E-state index is 0.0242. The van der Waals surface area contributed by atoms with Gasteiger partial charge in [0.1, 0.15) is 0 Å². The Bertz CT molecular complexity index is 382. The van der Waals surface area contributed by atoms with E-state index in [1.807, 2.05) is 11.3 Å². The molecule has 1 amide bonds. The number of aryl methyl sites for hydroxylation is 2. The van der Waals surface area contributed by atoms with Crippen LogP contribution < -0.4 is 10.6 Å². The molecule has 4 nitrogen and oxygen atoms in total. The van der Waals surface area contributed by atoms with E-state index in [0.717, 1.165) is 6.54 Å². The number of fused-ring (bicyclic) bond motifs is 1. The SMILES string of the molecule is COCCNC(=O)CNCc1cc2c(s1)CCC2. The van der Waals surface area contributed by atoms with Crippen LogP contribution in [0, 0.1) is 0 Å². The number of hydrogen-bond donors (Lipinski definition) is 2. The average Bonchev–Trinajstić information content (AvgIpc) is 2.90. The van der Waals surface area contributed by atoms with Crippen LogP contribution in [-0.2, 0) is 28.9 Å². The van der Waals surface area contributed by atoms with Crippen LogP contribution >= 0.6 is 11.3 Å². The van der Waals surface area contributed by atoms with Gasteiger partial charge in [0.25, 0.3) is 0 Å². The summed E-state index contributed by atoms with van der Waals surface area (Å²) in [4.78, 5) is 14.3. The van der Waals surface area contributed by atoms with Gasteiger partial charge in [-0.05, 0) is 30.9 Å². The van der Waals surface area contributed by atoms with E-state index in [2.05, 4.69) is 16.7 Å². The van der Waals surface area contributed by atoms with Crippen LogP contribution in [0.5, 0.6) is 0 Å². The van der Waals surface area contributed by atoms with Gasteiger partial charge in [-0.3, -0.25) is 4.79 Å². The van der Waals surface area contributed by atoms with Crippen LogP contribution in [0.1, 0.15) is 21.7 Å². The van der Waals surface area contributed by atoms with E-state index in [9.17, 15) is 4.79 Å². The highest BCUT2D eigenvalue weighted by Gasteiger charge is 2.14. The van der Waals surface area contributed by atoms with Crippen molar-refractivity contribution in [1.29, 1.82) is 0 Å². The first-order valence-electron chi connectivity index (χ1n) is 6.36. The fourth-order valence-electron chi connectivity index (χ4n) is 2.13. The molecule has 1 heterocycles. The second-order valence-corrected chi connectivity index (χ2v) is 5.68. The van der Waals surface area contributed by atoms with Gasteiger partial charge in [-0.2, -0.15) is 0 Å². The highest BCUT2D eigenvalue weighted by atomic mass is 32.1. The summed E-state index contributed by atoms with van der Waals surface area (Å²) in [6.45, 7) is 2.29. The number of nitrogens with one attached hydrogen (secondary N) is 2. The smallest absolute Gasteiger partial charge is 0.234 e. The number of methoxy groups -OCH3 is 1. The summed E-state index contributed by atoms with van der Waals surface area (Å²) in [6, 6.07) is 2.28. The molecule has 0 bridgehead atoms. The fourth-order valence-corrected chi connectivity index (χ4v) is 3.36. The molecular weight excluding hydrogens is 248 g/mol. The van der Waals surface area contributed by atoms with E-state index < -0.39 is 0 Å². The van der Waals surface area contributed by atoms with Crippen molar-refractivity contribution >= 4 is 17.2 Å². The second-order valence-electron chi connectivity index (χ2n) is 4.46. The van der Waals surface area contributed by atoms with Gasteiger partial charge in [0.15, 0.2) is 0 Å². The van der Waals surface area contributed by atoms with Gasteiger partial charge >= 0.3 is 0 Å². The van der Waals surface area contributed by atoms with Crippen molar-refractivity contribution in [2.45, 2.75) is 25.8 Å². The molecule has 0 unspecified atom stereocenters. The predicted octanol–water partition coefficient (Wildman–Crippen LogP) is 1.09. The molecule has 18 heavy (non-hydrogen) atoms. The van der Waals surface area contributed by atoms with Crippen molar-refractivity contribution in [2.75, 3.05) is 26.8 Å². The van der Waals surface area contributed by atoms with Crippen molar-refractivity contribution in [3.8, 4) is 0 Å². The molecule has 5 heteroatoms. The Balaban J connectivity index is 1.64. The van der Waals surface area contributed by atoms with Gasteiger partial charge in [0.2, 0.25) is 5.91 Å². The second kappa shape index (κ2) is 6.87. The quantitative estimate of drug-likeness (QED) is 0.728. The monoisotopic (exact) mass is 268 g/mol. The molecule has 0 spiro atoms. The summed E-state index contributed by atoms with van der Waals surface area (Å²) in [5, 5.41) is 5.96. The Morgan fingerprint density at radius 1 is 1.50 bits per heavy atom. The van der Waals surface area contributed by atoms with Crippen LogP contribution in [0.2, 0.25) is 0 Å². The van der Waals surface area contributed by atoms with E-state index in [1.165, 1.54) is 34.6 Å². The van der Waals surface area contributed by atoms with E-state index in [4.69, 9.17) is 4.74 Å². The number of hydrogen-bond acceptors (Lipinski definition) is 4. The lowest BCUT2D eigenvalue weighted by Gasteiger charge is -2.05. The van der Waals surface area contributed by atoms with Gasteiger partial charge < -0.3 is 15.4 Å². The first-order valence-corrected chi connectivity index (χ1v) is 7.18. The van der Waals surface area contributed by atoms with Crippen LogP contribution in [0.4, 0.5) is 0 Å². The Morgan fingerprint density at radius 3 is 3.17 bits per heavy atom. The molecule has 0 fully saturated rings. The van der Waals surface area contributed by atoms with Crippen LogP contribution in [0.15, 0.2) is 6.07 Å². The highest BCUT2D eigenvalue weighted by Crippen LogP contribution is 2.30. The molecule has 2 rings (SSSR count). The molecule has 1 aromatic rings. The molecule has 1 aliphatic carbocycles. The van der Waals surface area contributed by atoms with Crippen molar-refractivity contribution in [1.82, 2.24) is 10.6 Å². The van der Waals surface area contributed by atoms with Gasteiger partial charge in [0, 0.05) is 30.0 Å². The maximum Gasteiger partial charge on any atom is 0.234 e. The Hall–Kier alpha value is -0.910. The lowest BCUT2D eigenvalue weighted by Crippen LogP contribution is -2.35. The Morgan fingerprint density at radius 2 is 2.39 bits per heavy atom. The van der Waals surface area contributed by atoms with Crippen molar-refractivity contribution < 1.29 is 9.53 Å². The molecule has 0 atom stereocenters. The Kier molecular flexibility index (Phi) is 5.16. The first kappa shape index (κ1) is 13.5. The molecule has 1 aliphatic rings. The average molecular weight is 268 g/mol. The minimum Gasteiger partial charge on any atom is -0.383 e. The summed E-state index contributed by atoms with van der Waals surface area (Å²) in [5.74, 6) is 0.0242. The molecule has 0 aromatic carbocycles. The lowest BCUT2D eigenvalue weighted by atomic mass is 10.2. The minimum atomic E-state index is 0.0242. The van der Waals surface area contributed by atoms with Crippen LogP contribution in [0.3, 0.4) is 0 Å². The Labute approximate surface area is 112 Å². The largest absolute Gasteiger partial charge is 0.383 e. The van der Waals surface area contributed by atoms with E-state index >= 15 is 0 Å². The van der Waals surface area contributed by atoms with Gasteiger partial charge in [-0.25, -0.2) is 0 Å². The van der Waals surface area contributed by atoms with Crippen LogP contribution in [0.25, 0.3) is 0 Å². The lowest BCUT2D eigenvalue weighted by molar-refractivity contribution is -0.120. The number of amides is 1. The first-order chi connectivity index (χ1) is 8.79. The summed E-state index contributed by atoms with van der Waals surface area (Å²) >= 11 is 1.88. The van der Waals surface area contributed by atoms with Gasteiger partial charge in [0.05, 0.1) is 13.2 Å². The summed E-state index contributed by atoms with van der Waals surface area (Å²) < 4.78 is 4.87. The fraction of sp³-hybridized carbons (Fsp3) is 0.615. The third-order valence-corrected chi connectivity index (χ3v) is 4.25. The summed E-state index contributed by atoms with van der Waals surface area (Å²) in [6.07, 6.45) is 3.76.